The Morgan fingerprint density at radius 3 is 2.13 bits per heavy atom. The second kappa shape index (κ2) is 15.7. The first kappa shape index (κ1) is 36.1. The molecule has 3 aromatic rings. The molecule has 0 aliphatic heterocycles. The van der Waals surface area contributed by atoms with Crippen molar-refractivity contribution < 1.29 is 23.9 Å². The van der Waals surface area contributed by atoms with E-state index < -0.39 is 47.5 Å². The average molecular weight is 631 g/mol. The van der Waals surface area contributed by atoms with Crippen molar-refractivity contribution in [3.8, 4) is 0 Å². The van der Waals surface area contributed by atoms with Gasteiger partial charge < -0.3 is 26.0 Å². The molecule has 0 fully saturated rings. The third kappa shape index (κ3) is 10.3. The zero-order valence-electron chi connectivity index (χ0n) is 28.5. The van der Waals surface area contributed by atoms with Crippen molar-refractivity contribution in [2.75, 3.05) is 5.32 Å². The number of nitrogens with one attached hydrogen (secondary N) is 2. The number of ether oxygens (including phenoxy) is 1. The van der Waals surface area contributed by atoms with Gasteiger partial charge >= 0.3 is 6.09 Å². The number of primary amides is 1. The molecule has 248 valence electrons. The number of fused-ring (bicyclic) bond motifs is 1. The van der Waals surface area contributed by atoms with E-state index in [1.165, 1.54) is 0 Å². The minimum absolute atomic E-state index is 0.0489. The summed E-state index contributed by atoms with van der Waals surface area (Å²) in [6.45, 7) is 15.2. The van der Waals surface area contributed by atoms with E-state index in [-0.39, 0.29) is 12.8 Å². The molecule has 0 saturated heterocycles. The predicted octanol–water partition coefficient (Wildman–Crippen LogP) is 6.95. The number of carbonyl (C=O) groups is 4. The summed E-state index contributed by atoms with van der Waals surface area (Å²) >= 11 is 0. The lowest BCUT2D eigenvalue weighted by atomic mass is 9.94. The number of hydrogen-bond acceptors (Lipinski definition) is 5. The Morgan fingerprint density at radius 1 is 0.848 bits per heavy atom. The molecule has 0 spiro atoms. The first-order chi connectivity index (χ1) is 21.6. The van der Waals surface area contributed by atoms with E-state index in [9.17, 15) is 19.2 Å². The van der Waals surface area contributed by atoms with Gasteiger partial charge in [0.25, 0.3) is 5.91 Å². The minimum atomic E-state index is -1.16. The van der Waals surface area contributed by atoms with Crippen LogP contribution in [0, 0.1) is 19.8 Å². The van der Waals surface area contributed by atoms with Gasteiger partial charge in [-0.25, -0.2) is 4.79 Å². The molecule has 9 heteroatoms. The van der Waals surface area contributed by atoms with Gasteiger partial charge in [-0.2, -0.15) is 0 Å². The summed E-state index contributed by atoms with van der Waals surface area (Å²) in [6.07, 6.45) is 0.434. The fraction of sp³-hybridized carbons (Fsp3) is 0.459. The Morgan fingerprint density at radius 2 is 1.52 bits per heavy atom. The molecule has 9 nitrogen and oxygen atoms in total. The average Bonchev–Trinajstić information content (AvgIpc) is 2.96. The van der Waals surface area contributed by atoms with Crippen LogP contribution in [0.1, 0.15) is 90.0 Å². The van der Waals surface area contributed by atoms with Crippen molar-refractivity contribution >= 4 is 40.3 Å². The van der Waals surface area contributed by atoms with E-state index in [0.29, 0.717) is 23.6 Å². The van der Waals surface area contributed by atoms with Crippen LogP contribution in [0.25, 0.3) is 10.8 Å². The molecule has 46 heavy (non-hydrogen) atoms. The van der Waals surface area contributed by atoms with Gasteiger partial charge in [-0.1, -0.05) is 62.4 Å². The molecule has 0 aromatic heterocycles. The van der Waals surface area contributed by atoms with Crippen LogP contribution in [0.3, 0.4) is 0 Å². The normalized spacial score (nSPS) is 13.5. The standard InChI is InChI=1S/C37H50N4O5/c1-23(2)13-15-26(5)41(35(44)31(19-20-32(38)42)40-36(45)46-37(6,7)8)33(29-16-14-24(3)25(4)21-29)34(43)39-30-18-17-27-11-9-10-12-28(27)22-30/h9-12,14,16-18,21-23,26,31,33H,13,15,19-20H2,1-8H3,(H2,38,42)(H,39,43)(H,40,45). The Labute approximate surface area is 273 Å². The lowest BCUT2D eigenvalue weighted by molar-refractivity contribution is -0.143. The number of anilines is 1. The predicted molar refractivity (Wildman–Crippen MR) is 183 cm³/mol. The van der Waals surface area contributed by atoms with Gasteiger partial charge in [0.05, 0.1) is 0 Å². The molecule has 0 bridgehead atoms. The fourth-order valence-corrected chi connectivity index (χ4v) is 5.34. The summed E-state index contributed by atoms with van der Waals surface area (Å²) in [6, 6.07) is 16.7. The Hall–Kier alpha value is -4.40. The highest BCUT2D eigenvalue weighted by atomic mass is 16.6. The topological polar surface area (TPSA) is 131 Å². The SMILES string of the molecule is Cc1ccc(C(C(=O)Nc2ccc3ccccc3c2)N(C(=O)C(CCC(N)=O)NC(=O)OC(C)(C)C)C(C)CCC(C)C)cc1C. The number of carbonyl (C=O) groups excluding carboxylic acids is 4. The number of nitrogens with zero attached hydrogens (tertiary/aromatic N) is 1. The molecule has 3 aromatic carbocycles. The second-order valence-corrected chi connectivity index (χ2v) is 13.6. The van der Waals surface area contributed by atoms with Gasteiger partial charge in [-0.05, 0) is 106 Å². The maximum Gasteiger partial charge on any atom is 0.408 e. The number of rotatable bonds is 13. The molecule has 0 radical (unpaired) electrons. The van der Waals surface area contributed by atoms with Gasteiger partial charge in [0.15, 0.2) is 0 Å². The lowest BCUT2D eigenvalue weighted by Crippen LogP contribution is -2.55. The number of hydrogen-bond donors (Lipinski definition) is 3. The highest BCUT2D eigenvalue weighted by Gasteiger charge is 2.39. The molecule has 3 unspecified atom stereocenters. The van der Waals surface area contributed by atoms with Crippen molar-refractivity contribution in [3.05, 3.63) is 77.4 Å². The van der Waals surface area contributed by atoms with Crippen LogP contribution < -0.4 is 16.4 Å². The van der Waals surface area contributed by atoms with Crippen molar-refractivity contribution in [2.45, 2.75) is 105 Å². The van der Waals surface area contributed by atoms with Crippen LogP contribution in [0.15, 0.2) is 60.7 Å². The summed E-state index contributed by atoms with van der Waals surface area (Å²) in [5.41, 5.74) is 7.91. The highest BCUT2D eigenvalue weighted by molar-refractivity contribution is 6.00. The zero-order chi connectivity index (χ0) is 34.2. The van der Waals surface area contributed by atoms with E-state index in [1.807, 2.05) is 81.4 Å². The Balaban J connectivity index is 2.13. The lowest BCUT2D eigenvalue weighted by Gasteiger charge is -2.39. The van der Waals surface area contributed by atoms with Crippen molar-refractivity contribution in [3.63, 3.8) is 0 Å². The quantitative estimate of drug-likeness (QED) is 0.188. The molecule has 3 rings (SSSR count). The van der Waals surface area contributed by atoms with Crippen molar-refractivity contribution in [1.82, 2.24) is 10.2 Å². The summed E-state index contributed by atoms with van der Waals surface area (Å²) in [4.78, 5) is 55.4. The molecule has 4 N–H and O–H groups in total. The summed E-state index contributed by atoms with van der Waals surface area (Å²) in [5.74, 6) is -1.14. The minimum Gasteiger partial charge on any atom is -0.444 e. The summed E-state index contributed by atoms with van der Waals surface area (Å²) < 4.78 is 5.46. The van der Waals surface area contributed by atoms with Gasteiger partial charge in [0.2, 0.25) is 11.8 Å². The van der Waals surface area contributed by atoms with Crippen molar-refractivity contribution in [1.29, 1.82) is 0 Å². The molecule has 0 saturated carbocycles. The van der Waals surface area contributed by atoms with E-state index in [2.05, 4.69) is 24.5 Å². The number of nitrogens with two attached hydrogens (primary N) is 1. The first-order valence-corrected chi connectivity index (χ1v) is 16.0. The van der Waals surface area contributed by atoms with Crippen LogP contribution in [-0.2, 0) is 19.1 Å². The molecule has 0 heterocycles. The van der Waals surface area contributed by atoms with Crippen LogP contribution in [0.4, 0.5) is 10.5 Å². The Kier molecular flexibility index (Phi) is 12.3. The van der Waals surface area contributed by atoms with Gasteiger partial charge in [0, 0.05) is 18.2 Å². The van der Waals surface area contributed by atoms with Crippen LogP contribution in [0.2, 0.25) is 0 Å². The molecule has 0 aliphatic carbocycles. The third-order valence-corrected chi connectivity index (χ3v) is 7.95. The van der Waals surface area contributed by atoms with E-state index in [1.54, 1.807) is 25.7 Å². The molecular formula is C37H50N4O5. The largest absolute Gasteiger partial charge is 0.444 e. The number of benzene rings is 3. The maximum atomic E-state index is 14.7. The van der Waals surface area contributed by atoms with Gasteiger partial charge in [-0.15, -0.1) is 0 Å². The van der Waals surface area contributed by atoms with E-state index in [4.69, 9.17) is 10.5 Å². The monoisotopic (exact) mass is 630 g/mol. The highest BCUT2D eigenvalue weighted by Crippen LogP contribution is 2.31. The smallest absolute Gasteiger partial charge is 0.408 e. The number of aryl methyl sites for hydroxylation is 2. The molecular weight excluding hydrogens is 580 g/mol. The van der Waals surface area contributed by atoms with Crippen LogP contribution in [0.5, 0.6) is 0 Å². The van der Waals surface area contributed by atoms with Crippen LogP contribution in [-0.4, -0.2) is 46.4 Å². The summed E-state index contributed by atoms with van der Waals surface area (Å²) in [5, 5.41) is 7.74. The zero-order valence-corrected chi connectivity index (χ0v) is 28.5. The van der Waals surface area contributed by atoms with Crippen LogP contribution >= 0.6 is 0 Å². The molecule has 0 aliphatic rings. The number of amides is 4. The van der Waals surface area contributed by atoms with E-state index >= 15 is 0 Å². The maximum absolute atomic E-state index is 14.7. The third-order valence-electron chi connectivity index (χ3n) is 7.95. The van der Waals surface area contributed by atoms with Crippen molar-refractivity contribution in [2.24, 2.45) is 11.7 Å². The van der Waals surface area contributed by atoms with Gasteiger partial charge in [0.1, 0.15) is 17.7 Å². The van der Waals surface area contributed by atoms with Gasteiger partial charge in [-0.3, -0.25) is 14.4 Å². The molecule has 3 atom stereocenters. The second-order valence-electron chi connectivity index (χ2n) is 13.6. The first-order valence-electron chi connectivity index (χ1n) is 16.0. The number of alkyl carbamates (subject to hydrolysis) is 1. The van der Waals surface area contributed by atoms with E-state index in [0.717, 1.165) is 28.3 Å². The summed E-state index contributed by atoms with van der Waals surface area (Å²) in [7, 11) is 0. The molecule has 4 amide bonds. The fourth-order valence-electron chi connectivity index (χ4n) is 5.34. The Bertz CT molecular complexity index is 1540.